The molecule has 5 nitrogen and oxygen atoms in total. The minimum Gasteiger partial charge on any atom is -0.488 e. The van der Waals surface area contributed by atoms with Crippen molar-refractivity contribution in [1.82, 2.24) is 0 Å². The first-order valence-electron chi connectivity index (χ1n) is 9.68. The van der Waals surface area contributed by atoms with E-state index >= 15 is 0 Å². The number of carbonyl (C=O) groups excluding carboxylic acids is 2. The standard InChI is InChI=1S/C24H22N2O3/c27-23-14-7-15-26(23)20-11-6-10-19(16-20)25-24(28)21-12-4-5-13-22(21)29-17-18-8-2-1-3-9-18/h1-6,8-13,16H,7,14-15,17H2,(H,25,28). The maximum absolute atomic E-state index is 12.9. The first-order chi connectivity index (χ1) is 14.2. The van der Waals surface area contributed by atoms with E-state index in [4.69, 9.17) is 4.74 Å². The smallest absolute Gasteiger partial charge is 0.259 e. The zero-order valence-corrected chi connectivity index (χ0v) is 16.0. The third-order valence-corrected chi connectivity index (χ3v) is 4.86. The number of carbonyl (C=O) groups is 2. The summed E-state index contributed by atoms with van der Waals surface area (Å²) in [6, 6.07) is 24.4. The molecule has 29 heavy (non-hydrogen) atoms. The molecule has 0 saturated carbocycles. The van der Waals surface area contributed by atoms with Gasteiger partial charge in [-0.15, -0.1) is 0 Å². The zero-order chi connectivity index (χ0) is 20.1. The van der Waals surface area contributed by atoms with Crippen LogP contribution in [0, 0.1) is 0 Å². The molecule has 0 aromatic heterocycles. The Morgan fingerprint density at radius 1 is 0.966 bits per heavy atom. The zero-order valence-electron chi connectivity index (χ0n) is 16.0. The van der Waals surface area contributed by atoms with Crippen LogP contribution in [0.15, 0.2) is 78.9 Å². The van der Waals surface area contributed by atoms with Crippen LogP contribution in [0.25, 0.3) is 0 Å². The van der Waals surface area contributed by atoms with Gasteiger partial charge in [-0.2, -0.15) is 0 Å². The van der Waals surface area contributed by atoms with E-state index in [1.165, 1.54) is 0 Å². The molecular weight excluding hydrogens is 364 g/mol. The summed E-state index contributed by atoms with van der Waals surface area (Å²) in [5, 5.41) is 2.92. The molecule has 1 heterocycles. The van der Waals surface area contributed by atoms with Gasteiger partial charge in [0.15, 0.2) is 0 Å². The monoisotopic (exact) mass is 386 g/mol. The maximum Gasteiger partial charge on any atom is 0.259 e. The van der Waals surface area contributed by atoms with E-state index in [9.17, 15) is 9.59 Å². The Kier molecular flexibility index (Phi) is 5.56. The first kappa shape index (κ1) is 18.7. The Morgan fingerprint density at radius 3 is 2.55 bits per heavy atom. The van der Waals surface area contributed by atoms with Crippen molar-refractivity contribution >= 4 is 23.2 Å². The Bertz CT molecular complexity index is 1020. The van der Waals surface area contributed by atoms with Gasteiger partial charge in [-0.3, -0.25) is 9.59 Å². The van der Waals surface area contributed by atoms with E-state index in [2.05, 4.69) is 5.32 Å². The molecule has 0 radical (unpaired) electrons. The second-order valence-electron chi connectivity index (χ2n) is 6.92. The highest BCUT2D eigenvalue weighted by Gasteiger charge is 2.22. The highest BCUT2D eigenvalue weighted by molar-refractivity contribution is 6.06. The predicted molar refractivity (Wildman–Crippen MR) is 113 cm³/mol. The van der Waals surface area contributed by atoms with E-state index in [0.717, 1.165) is 17.7 Å². The molecule has 1 aliphatic rings. The van der Waals surface area contributed by atoms with Crippen molar-refractivity contribution in [2.75, 3.05) is 16.8 Å². The lowest BCUT2D eigenvalue weighted by atomic mass is 10.1. The highest BCUT2D eigenvalue weighted by Crippen LogP contribution is 2.26. The van der Waals surface area contributed by atoms with E-state index in [1.54, 1.807) is 17.0 Å². The maximum atomic E-state index is 12.9. The number of rotatable bonds is 6. The summed E-state index contributed by atoms with van der Waals surface area (Å²) in [5.74, 6) is 0.395. The molecule has 146 valence electrons. The van der Waals surface area contributed by atoms with Crippen molar-refractivity contribution in [3.05, 3.63) is 90.0 Å². The lowest BCUT2D eigenvalue weighted by molar-refractivity contribution is -0.117. The van der Waals surface area contributed by atoms with Crippen LogP contribution in [0.3, 0.4) is 0 Å². The van der Waals surface area contributed by atoms with Crippen LogP contribution >= 0.6 is 0 Å². The van der Waals surface area contributed by atoms with Crippen LogP contribution in [0.5, 0.6) is 5.75 Å². The lowest BCUT2D eigenvalue weighted by Gasteiger charge is -2.17. The van der Waals surface area contributed by atoms with Crippen LogP contribution in [-0.2, 0) is 11.4 Å². The lowest BCUT2D eigenvalue weighted by Crippen LogP contribution is -2.23. The van der Waals surface area contributed by atoms with Gasteiger partial charge >= 0.3 is 0 Å². The second-order valence-corrected chi connectivity index (χ2v) is 6.92. The number of benzene rings is 3. The molecule has 1 fully saturated rings. The largest absolute Gasteiger partial charge is 0.488 e. The van der Waals surface area contributed by atoms with Crippen molar-refractivity contribution in [2.24, 2.45) is 0 Å². The summed E-state index contributed by atoms with van der Waals surface area (Å²) in [6.07, 6.45) is 1.43. The average Bonchev–Trinajstić information content (AvgIpc) is 3.19. The van der Waals surface area contributed by atoms with Gasteiger partial charge in [-0.1, -0.05) is 48.5 Å². The van der Waals surface area contributed by atoms with Gasteiger partial charge in [-0.05, 0) is 42.3 Å². The molecule has 0 unspecified atom stereocenters. The van der Waals surface area contributed by atoms with Gasteiger partial charge in [0.25, 0.3) is 5.91 Å². The molecule has 2 amide bonds. The third kappa shape index (κ3) is 4.46. The molecule has 3 aromatic rings. The molecule has 1 aliphatic heterocycles. The fourth-order valence-electron chi connectivity index (χ4n) is 3.39. The molecule has 1 saturated heterocycles. The number of para-hydroxylation sites is 1. The topological polar surface area (TPSA) is 58.6 Å². The molecule has 0 aliphatic carbocycles. The number of hydrogen-bond acceptors (Lipinski definition) is 3. The van der Waals surface area contributed by atoms with Gasteiger partial charge in [-0.25, -0.2) is 0 Å². The summed E-state index contributed by atoms with van der Waals surface area (Å²) < 4.78 is 5.89. The Hall–Kier alpha value is -3.60. The molecule has 1 N–H and O–H groups in total. The van der Waals surface area contributed by atoms with Gasteiger partial charge in [0.2, 0.25) is 5.91 Å². The molecule has 5 heteroatoms. The predicted octanol–water partition coefficient (Wildman–Crippen LogP) is 4.64. The van der Waals surface area contributed by atoms with Gasteiger partial charge in [0.1, 0.15) is 12.4 Å². The van der Waals surface area contributed by atoms with Crippen LogP contribution < -0.4 is 15.0 Å². The van der Waals surface area contributed by atoms with Gasteiger partial charge in [0.05, 0.1) is 5.56 Å². The van der Waals surface area contributed by atoms with Crippen molar-refractivity contribution in [3.8, 4) is 5.75 Å². The van der Waals surface area contributed by atoms with E-state index in [-0.39, 0.29) is 11.8 Å². The second kappa shape index (κ2) is 8.61. The summed E-state index contributed by atoms with van der Waals surface area (Å²) in [6.45, 7) is 1.10. The van der Waals surface area contributed by atoms with E-state index in [1.807, 2.05) is 66.7 Å². The Morgan fingerprint density at radius 2 is 1.76 bits per heavy atom. The number of amides is 2. The number of hydrogen-bond donors (Lipinski definition) is 1. The number of nitrogens with one attached hydrogen (secondary N) is 1. The van der Waals surface area contributed by atoms with E-state index < -0.39 is 0 Å². The number of ether oxygens (including phenoxy) is 1. The third-order valence-electron chi connectivity index (χ3n) is 4.86. The van der Waals surface area contributed by atoms with Crippen molar-refractivity contribution in [1.29, 1.82) is 0 Å². The minimum absolute atomic E-state index is 0.119. The van der Waals surface area contributed by atoms with Crippen LogP contribution in [-0.4, -0.2) is 18.4 Å². The molecule has 3 aromatic carbocycles. The molecule has 4 rings (SSSR count). The SMILES string of the molecule is O=C(Nc1cccc(N2CCCC2=O)c1)c1ccccc1OCc1ccccc1. The molecule has 0 bridgehead atoms. The van der Waals surface area contributed by atoms with E-state index in [0.29, 0.717) is 36.6 Å². The number of anilines is 2. The van der Waals surface area contributed by atoms with Crippen LogP contribution in [0.4, 0.5) is 11.4 Å². The quantitative estimate of drug-likeness (QED) is 0.671. The van der Waals surface area contributed by atoms with Crippen molar-refractivity contribution in [2.45, 2.75) is 19.4 Å². The van der Waals surface area contributed by atoms with Gasteiger partial charge in [0, 0.05) is 24.3 Å². The fourth-order valence-corrected chi connectivity index (χ4v) is 3.39. The summed E-state index contributed by atoms with van der Waals surface area (Å²) >= 11 is 0. The first-order valence-corrected chi connectivity index (χ1v) is 9.68. The number of nitrogens with zero attached hydrogens (tertiary/aromatic N) is 1. The normalized spacial score (nSPS) is 13.4. The molecular formula is C24H22N2O3. The van der Waals surface area contributed by atoms with Gasteiger partial charge < -0.3 is 15.0 Å². The average molecular weight is 386 g/mol. The summed E-state index contributed by atoms with van der Waals surface area (Å²) in [5.41, 5.74) is 2.95. The summed E-state index contributed by atoms with van der Waals surface area (Å²) in [4.78, 5) is 26.6. The molecule has 0 atom stereocenters. The Balaban J connectivity index is 1.48. The fraction of sp³-hybridized carbons (Fsp3) is 0.167. The van der Waals surface area contributed by atoms with Crippen LogP contribution in [0.1, 0.15) is 28.8 Å². The van der Waals surface area contributed by atoms with Crippen molar-refractivity contribution in [3.63, 3.8) is 0 Å². The highest BCUT2D eigenvalue weighted by atomic mass is 16.5. The Labute approximate surface area is 169 Å². The summed E-state index contributed by atoms with van der Waals surface area (Å²) in [7, 11) is 0. The van der Waals surface area contributed by atoms with Crippen LogP contribution in [0.2, 0.25) is 0 Å². The minimum atomic E-state index is -0.251. The van der Waals surface area contributed by atoms with Crippen molar-refractivity contribution < 1.29 is 14.3 Å². The molecule has 0 spiro atoms.